The first kappa shape index (κ1) is 10.0. The lowest BCUT2D eigenvalue weighted by Crippen LogP contribution is -2.05. The predicted octanol–water partition coefficient (Wildman–Crippen LogP) is 1.16. The first-order valence-electron chi connectivity index (χ1n) is 4.51. The van der Waals surface area contributed by atoms with Crippen molar-refractivity contribution < 1.29 is 0 Å². The molecule has 0 aliphatic carbocycles. The Morgan fingerprint density at radius 2 is 2.33 bits per heavy atom. The second-order valence-corrected chi connectivity index (χ2v) is 3.37. The van der Waals surface area contributed by atoms with Gasteiger partial charge in [0.1, 0.15) is 18.0 Å². The van der Waals surface area contributed by atoms with E-state index in [2.05, 4.69) is 20.2 Å². The fourth-order valence-corrected chi connectivity index (χ4v) is 1.49. The molecule has 2 heterocycles. The third-order valence-corrected chi connectivity index (χ3v) is 2.22. The van der Waals surface area contributed by atoms with Crippen molar-refractivity contribution in [1.82, 2.24) is 24.7 Å². The highest BCUT2D eigenvalue weighted by Crippen LogP contribution is 2.03. The van der Waals surface area contributed by atoms with Crippen LogP contribution >= 0.6 is 11.6 Å². The van der Waals surface area contributed by atoms with E-state index in [4.69, 9.17) is 11.6 Å². The lowest BCUT2D eigenvalue weighted by molar-refractivity contribution is 0.728. The number of rotatable bonds is 3. The van der Waals surface area contributed by atoms with Crippen LogP contribution in [0.4, 0.5) is 0 Å². The van der Waals surface area contributed by atoms with Gasteiger partial charge in [-0.3, -0.25) is 0 Å². The van der Waals surface area contributed by atoms with Crippen LogP contribution in [0.1, 0.15) is 17.3 Å². The summed E-state index contributed by atoms with van der Waals surface area (Å²) in [7, 11) is 0. The SMILES string of the molecule is Cc1nccc(Cn2cnnc2CCl)n1. The van der Waals surface area contributed by atoms with E-state index in [1.807, 2.05) is 17.6 Å². The van der Waals surface area contributed by atoms with Gasteiger partial charge in [0.25, 0.3) is 0 Å². The van der Waals surface area contributed by atoms with Crippen LogP contribution in [0, 0.1) is 6.92 Å². The molecular weight excluding hydrogens is 214 g/mol. The smallest absolute Gasteiger partial charge is 0.148 e. The zero-order chi connectivity index (χ0) is 10.7. The minimum Gasteiger partial charge on any atom is -0.310 e. The number of alkyl halides is 1. The Morgan fingerprint density at radius 3 is 3.07 bits per heavy atom. The van der Waals surface area contributed by atoms with Crippen LogP contribution in [0.25, 0.3) is 0 Å². The third kappa shape index (κ3) is 2.30. The van der Waals surface area contributed by atoms with E-state index in [1.54, 1.807) is 12.5 Å². The molecule has 2 rings (SSSR count). The van der Waals surface area contributed by atoms with Gasteiger partial charge in [0.05, 0.1) is 18.1 Å². The summed E-state index contributed by atoms with van der Waals surface area (Å²) < 4.78 is 1.87. The number of nitrogens with zero attached hydrogens (tertiary/aromatic N) is 5. The Bertz CT molecular complexity index is 453. The molecule has 0 spiro atoms. The Labute approximate surface area is 92.2 Å². The fraction of sp³-hybridized carbons (Fsp3) is 0.333. The van der Waals surface area contributed by atoms with Gasteiger partial charge in [-0.15, -0.1) is 21.8 Å². The molecule has 0 aliphatic rings. The van der Waals surface area contributed by atoms with Crippen molar-refractivity contribution >= 4 is 11.6 Å². The first-order valence-corrected chi connectivity index (χ1v) is 5.04. The van der Waals surface area contributed by atoms with E-state index in [9.17, 15) is 0 Å². The Hall–Kier alpha value is -1.49. The predicted molar refractivity (Wildman–Crippen MR) is 55.5 cm³/mol. The Balaban J connectivity index is 2.22. The monoisotopic (exact) mass is 223 g/mol. The molecule has 2 aromatic rings. The summed E-state index contributed by atoms with van der Waals surface area (Å²) in [5, 5.41) is 7.69. The second-order valence-electron chi connectivity index (χ2n) is 3.10. The highest BCUT2D eigenvalue weighted by molar-refractivity contribution is 6.16. The van der Waals surface area contributed by atoms with Crippen LogP contribution in [-0.4, -0.2) is 24.7 Å². The standard InChI is InChI=1S/C9H10ClN5/c1-7-11-3-2-8(13-7)5-15-6-12-14-9(15)4-10/h2-3,6H,4-5H2,1H3. The molecule has 2 aromatic heterocycles. The van der Waals surface area contributed by atoms with E-state index in [-0.39, 0.29) is 0 Å². The molecule has 0 saturated heterocycles. The van der Waals surface area contributed by atoms with Gasteiger partial charge in [-0.25, -0.2) is 9.97 Å². The molecule has 78 valence electrons. The molecule has 0 atom stereocenters. The molecule has 0 bridgehead atoms. The molecule has 0 radical (unpaired) electrons. The van der Waals surface area contributed by atoms with Crippen molar-refractivity contribution in [2.45, 2.75) is 19.3 Å². The summed E-state index contributed by atoms with van der Waals surface area (Å²) in [5.74, 6) is 1.85. The molecule has 0 unspecified atom stereocenters. The number of hydrogen-bond donors (Lipinski definition) is 0. The van der Waals surface area contributed by atoms with Crippen molar-refractivity contribution in [2.75, 3.05) is 0 Å². The molecule has 5 nitrogen and oxygen atoms in total. The maximum absolute atomic E-state index is 5.71. The minimum atomic E-state index is 0.351. The van der Waals surface area contributed by atoms with Gasteiger partial charge in [0.2, 0.25) is 0 Å². The highest BCUT2D eigenvalue weighted by Gasteiger charge is 2.04. The van der Waals surface area contributed by atoms with E-state index in [0.717, 1.165) is 17.3 Å². The highest BCUT2D eigenvalue weighted by atomic mass is 35.5. The quantitative estimate of drug-likeness (QED) is 0.733. The van der Waals surface area contributed by atoms with Crippen molar-refractivity contribution in [1.29, 1.82) is 0 Å². The largest absolute Gasteiger partial charge is 0.310 e. The van der Waals surface area contributed by atoms with Gasteiger partial charge in [0.15, 0.2) is 0 Å². The van der Waals surface area contributed by atoms with Crippen LogP contribution in [0.5, 0.6) is 0 Å². The number of aryl methyl sites for hydroxylation is 1. The van der Waals surface area contributed by atoms with Crippen LogP contribution < -0.4 is 0 Å². The summed E-state index contributed by atoms with van der Waals surface area (Å²) in [6.45, 7) is 2.48. The second kappa shape index (κ2) is 4.35. The van der Waals surface area contributed by atoms with Crippen LogP contribution in [0.15, 0.2) is 18.6 Å². The Morgan fingerprint density at radius 1 is 1.47 bits per heavy atom. The lowest BCUT2D eigenvalue weighted by atomic mass is 10.4. The van der Waals surface area contributed by atoms with Crippen molar-refractivity contribution in [3.63, 3.8) is 0 Å². The summed E-state index contributed by atoms with van der Waals surface area (Å²) in [6, 6.07) is 1.87. The summed E-state index contributed by atoms with van der Waals surface area (Å²) >= 11 is 5.71. The van der Waals surface area contributed by atoms with E-state index < -0.39 is 0 Å². The molecule has 0 amide bonds. The van der Waals surface area contributed by atoms with Gasteiger partial charge in [-0.1, -0.05) is 0 Å². The molecule has 0 N–H and O–H groups in total. The maximum atomic E-state index is 5.71. The molecule has 0 fully saturated rings. The summed E-state index contributed by atoms with van der Waals surface area (Å²) in [4.78, 5) is 8.33. The van der Waals surface area contributed by atoms with E-state index in [1.165, 1.54) is 0 Å². The molecular formula is C9H10ClN5. The van der Waals surface area contributed by atoms with Gasteiger partial charge in [-0.05, 0) is 13.0 Å². The Kier molecular flexibility index (Phi) is 2.91. The minimum absolute atomic E-state index is 0.351. The van der Waals surface area contributed by atoms with E-state index >= 15 is 0 Å². The van der Waals surface area contributed by atoms with Crippen molar-refractivity contribution in [3.05, 3.63) is 35.9 Å². The van der Waals surface area contributed by atoms with Crippen LogP contribution in [0.2, 0.25) is 0 Å². The molecule has 0 aliphatic heterocycles. The van der Waals surface area contributed by atoms with Gasteiger partial charge < -0.3 is 4.57 Å². The topological polar surface area (TPSA) is 56.5 Å². The normalized spacial score (nSPS) is 10.5. The van der Waals surface area contributed by atoms with Crippen LogP contribution in [0.3, 0.4) is 0 Å². The van der Waals surface area contributed by atoms with E-state index in [0.29, 0.717) is 12.4 Å². The average Bonchev–Trinajstić information content (AvgIpc) is 2.65. The number of halogens is 1. The lowest BCUT2D eigenvalue weighted by Gasteiger charge is -2.04. The van der Waals surface area contributed by atoms with Gasteiger partial charge in [0, 0.05) is 6.20 Å². The van der Waals surface area contributed by atoms with Crippen LogP contribution in [-0.2, 0) is 12.4 Å². The molecule has 0 saturated carbocycles. The zero-order valence-corrected chi connectivity index (χ0v) is 9.02. The summed E-state index contributed by atoms with van der Waals surface area (Å²) in [5.41, 5.74) is 0.925. The number of hydrogen-bond acceptors (Lipinski definition) is 4. The average molecular weight is 224 g/mol. The fourth-order valence-electron chi connectivity index (χ4n) is 1.28. The molecule has 0 aromatic carbocycles. The summed E-state index contributed by atoms with van der Waals surface area (Å²) in [6.07, 6.45) is 3.39. The van der Waals surface area contributed by atoms with Gasteiger partial charge >= 0.3 is 0 Å². The maximum Gasteiger partial charge on any atom is 0.148 e. The van der Waals surface area contributed by atoms with Crippen molar-refractivity contribution in [2.24, 2.45) is 0 Å². The van der Waals surface area contributed by atoms with Gasteiger partial charge in [-0.2, -0.15) is 0 Å². The number of aromatic nitrogens is 5. The first-order chi connectivity index (χ1) is 7.29. The molecule has 15 heavy (non-hydrogen) atoms. The van der Waals surface area contributed by atoms with Crippen molar-refractivity contribution in [3.8, 4) is 0 Å². The zero-order valence-electron chi connectivity index (χ0n) is 8.26. The third-order valence-electron chi connectivity index (χ3n) is 1.98. The molecule has 6 heteroatoms.